The van der Waals surface area contributed by atoms with Crippen LogP contribution in [0.5, 0.6) is 0 Å². The van der Waals surface area contributed by atoms with Crippen LogP contribution in [0, 0.1) is 0 Å². The Morgan fingerprint density at radius 1 is 1.33 bits per heavy atom. The quantitative estimate of drug-likeness (QED) is 0.821. The molecule has 1 rings (SSSR count). The predicted molar refractivity (Wildman–Crippen MR) is 75.5 cm³/mol. The lowest BCUT2D eigenvalue weighted by Crippen LogP contribution is -2.10. The van der Waals surface area contributed by atoms with Crippen LogP contribution in [0.2, 0.25) is 0 Å². The van der Waals surface area contributed by atoms with Gasteiger partial charge in [0.25, 0.3) is 0 Å². The summed E-state index contributed by atoms with van der Waals surface area (Å²) in [5, 5.41) is 0. The van der Waals surface area contributed by atoms with Crippen molar-refractivity contribution >= 4 is 44.3 Å². The molecule has 1 atom stereocenters. The summed E-state index contributed by atoms with van der Waals surface area (Å²) in [6.45, 7) is 2.18. The smallest absolute Gasteiger partial charge is 0.0306 e. The SMILES string of the molecule is CCCC[C@H](N)c1cc(Br)ccc1Br.Cl. The topological polar surface area (TPSA) is 26.0 Å². The maximum absolute atomic E-state index is 6.10. The lowest BCUT2D eigenvalue weighted by molar-refractivity contribution is 0.601. The normalized spacial score (nSPS) is 12.0. The molecule has 0 aromatic heterocycles. The van der Waals surface area contributed by atoms with Gasteiger partial charge in [0.1, 0.15) is 0 Å². The van der Waals surface area contributed by atoms with E-state index in [-0.39, 0.29) is 18.4 Å². The molecule has 0 heterocycles. The Kier molecular flexibility index (Phi) is 7.88. The highest BCUT2D eigenvalue weighted by molar-refractivity contribution is 9.11. The van der Waals surface area contributed by atoms with Crippen molar-refractivity contribution in [2.24, 2.45) is 5.73 Å². The molecular formula is C11H16Br2ClN. The molecule has 0 radical (unpaired) electrons. The van der Waals surface area contributed by atoms with Gasteiger partial charge in [0, 0.05) is 15.0 Å². The molecule has 0 amide bonds. The fourth-order valence-corrected chi connectivity index (χ4v) is 2.30. The number of halogens is 3. The van der Waals surface area contributed by atoms with E-state index in [0.717, 1.165) is 15.4 Å². The van der Waals surface area contributed by atoms with Crippen LogP contribution in [0.3, 0.4) is 0 Å². The summed E-state index contributed by atoms with van der Waals surface area (Å²) in [6.07, 6.45) is 3.42. The standard InChI is InChI=1S/C11H15Br2N.ClH/c1-2-3-4-11(14)9-7-8(12)5-6-10(9)13;/h5-7,11H,2-4,14H2,1H3;1H/t11-;/m0./s1. The first-order chi connectivity index (χ1) is 6.65. The molecule has 0 aliphatic carbocycles. The molecule has 2 N–H and O–H groups in total. The molecule has 0 bridgehead atoms. The van der Waals surface area contributed by atoms with E-state index < -0.39 is 0 Å². The van der Waals surface area contributed by atoms with E-state index in [1.165, 1.54) is 18.4 Å². The highest BCUT2D eigenvalue weighted by atomic mass is 79.9. The molecule has 0 spiro atoms. The van der Waals surface area contributed by atoms with Crippen LogP contribution in [0.1, 0.15) is 37.8 Å². The minimum Gasteiger partial charge on any atom is -0.324 e. The van der Waals surface area contributed by atoms with Crippen LogP contribution in [-0.2, 0) is 0 Å². The second kappa shape index (κ2) is 7.66. The molecule has 1 aromatic carbocycles. The first-order valence-corrected chi connectivity index (χ1v) is 6.44. The van der Waals surface area contributed by atoms with Crippen molar-refractivity contribution in [3.63, 3.8) is 0 Å². The number of nitrogens with two attached hydrogens (primary N) is 1. The van der Waals surface area contributed by atoms with Crippen molar-refractivity contribution < 1.29 is 0 Å². The average Bonchev–Trinajstić information content (AvgIpc) is 2.18. The van der Waals surface area contributed by atoms with Crippen molar-refractivity contribution in [2.45, 2.75) is 32.2 Å². The van der Waals surface area contributed by atoms with Gasteiger partial charge in [-0.3, -0.25) is 0 Å². The molecular weight excluding hydrogens is 341 g/mol. The van der Waals surface area contributed by atoms with E-state index in [4.69, 9.17) is 5.73 Å². The maximum atomic E-state index is 6.10. The highest BCUT2D eigenvalue weighted by Gasteiger charge is 2.09. The number of hydrogen-bond acceptors (Lipinski definition) is 1. The van der Waals surface area contributed by atoms with Gasteiger partial charge in [-0.05, 0) is 30.2 Å². The van der Waals surface area contributed by atoms with Gasteiger partial charge in [0.2, 0.25) is 0 Å². The summed E-state index contributed by atoms with van der Waals surface area (Å²) in [5.74, 6) is 0. The van der Waals surface area contributed by atoms with Crippen molar-refractivity contribution in [1.29, 1.82) is 0 Å². The number of unbranched alkanes of at least 4 members (excludes halogenated alkanes) is 1. The molecule has 1 aromatic rings. The van der Waals surface area contributed by atoms with Gasteiger partial charge in [0.15, 0.2) is 0 Å². The molecule has 1 nitrogen and oxygen atoms in total. The zero-order chi connectivity index (χ0) is 10.6. The maximum Gasteiger partial charge on any atom is 0.0306 e. The second-order valence-corrected chi connectivity index (χ2v) is 5.18. The molecule has 0 aliphatic rings. The van der Waals surface area contributed by atoms with Gasteiger partial charge in [-0.25, -0.2) is 0 Å². The van der Waals surface area contributed by atoms with Crippen LogP contribution in [0.25, 0.3) is 0 Å². The summed E-state index contributed by atoms with van der Waals surface area (Å²) in [4.78, 5) is 0. The molecule has 15 heavy (non-hydrogen) atoms. The zero-order valence-corrected chi connectivity index (χ0v) is 12.7. The Morgan fingerprint density at radius 2 is 2.00 bits per heavy atom. The number of rotatable bonds is 4. The van der Waals surface area contributed by atoms with Gasteiger partial charge in [-0.1, -0.05) is 51.6 Å². The van der Waals surface area contributed by atoms with Crippen LogP contribution in [0.4, 0.5) is 0 Å². The summed E-state index contributed by atoms with van der Waals surface area (Å²) in [7, 11) is 0. The molecule has 4 heteroatoms. The van der Waals surface area contributed by atoms with E-state index in [2.05, 4.69) is 44.8 Å². The van der Waals surface area contributed by atoms with Crippen molar-refractivity contribution in [2.75, 3.05) is 0 Å². The van der Waals surface area contributed by atoms with Crippen LogP contribution < -0.4 is 5.73 Å². The van der Waals surface area contributed by atoms with E-state index >= 15 is 0 Å². The first kappa shape index (κ1) is 15.4. The minimum atomic E-state index is 0. The van der Waals surface area contributed by atoms with E-state index in [1.807, 2.05) is 12.1 Å². The fourth-order valence-electron chi connectivity index (χ4n) is 1.38. The highest BCUT2D eigenvalue weighted by Crippen LogP contribution is 2.28. The molecule has 0 aliphatic heterocycles. The number of benzene rings is 1. The average molecular weight is 358 g/mol. The molecule has 0 unspecified atom stereocenters. The van der Waals surface area contributed by atoms with E-state index in [0.29, 0.717) is 0 Å². The molecule has 86 valence electrons. The molecule has 0 fully saturated rings. The van der Waals surface area contributed by atoms with Gasteiger partial charge in [-0.15, -0.1) is 12.4 Å². The van der Waals surface area contributed by atoms with Crippen LogP contribution >= 0.6 is 44.3 Å². The van der Waals surface area contributed by atoms with Gasteiger partial charge >= 0.3 is 0 Å². The largest absolute Gasteiger partial charge is 0.324 e. The zero-order valence-electron chi connectivity index (χ0n) is 8.67. The van der Waals surface area contributed by atoms with E-state index in [9.17, 15) is 0 Å². The summed E-state index contributed by atoms with van der Waals surface area (Å²) >= 11 is 6.98. The van der Waals surface area contributed by atoms with Crippen molar-refractivity contribution in [3.05, 3.63) is 32.7 Å². The lowest BCUT2D eigenvalue weighted by Gasteiger charge is -2.13. The second-order valence-electron chi connectivity index (χ2n) is 3.41. The first-order valence-electron chi connectivity index (χ1n) is 4.85. The third-order valence-electron chi connectivity index (χ3n) is 2.23. The monoisotopic (exact) mass is 355 g/mol. The minimum absolute atomic E-state index is 0. The van der Waals surface area contributed by atoms with Gasteiger partial charge in [0.05, 0.1) is 0 Å². The van der Waals surface area contributed by atoms with Crippen molar-refractivity contribution in [1.82, 2.24) is 0 Å². The molecule has 0 saturated carbocycles. The third-order valence-corrected chi connectivity index (χ3v) is 3.44. The summed E-state index contributed by atoms with van der Waals surface area (Å²) in [6, 6.07) is 6.28. The number of hydrogen-bond donors (Lipinski definition) is 1. The lowest BCUT2D eigenvalue weighted by atomic mass is 10.0. The Morgan fingerprint density at radius 3 is 2.60 bits per heavy atom. The Hall–Kier alpha value is 0.430. The van der Waals surface area contributed by atoms with Gasteiger partial charge < -0.3 is 5.73 Å². The Labute approximate surface area is 114 Å². The predicted octanol–water partition coefficient (Wildman–Crippen LogP) is 4.82. The van der Waals surface area contributed by atoms with Gasteiger partial charge in [-0.2, -0.15) is 0 Å². The van der Waals surface area contributed by atoms with E-state index in [1.54, 1.807) is 0 Å². The fraction of sp³-hybridized carbons (Fsp3) is 0.455. The third kappa shape index (κ3) is 4.85. The van der Waals surface area contributed by atoms with Crippen LogP contribution in [0.15, 0.2) is 27.1 Å². The summed E-state index contributed by atoms with van der Waals surface area (Å²) in [5.41, 5.74) is 7.29. The molecule has 0 saturated heterocycles. The Bertz CT molecular complexity index is 305. The summed E-state index contributed by atoms with van der Waals surface area (Å²) < 4.78 is 2.19. The van der Waals surface area contributed by atoms with Crippen molar-refractivity contribution in [3.8, 4) is 0 Å². The van der Waals surface area contributed by atoms with Crippen LogP contribution in [-0.4, -0.2) is 0 Å². The Balaban J connectivity index is 0.00000196.